The van der Waals surface area contributed by atoms with Crippen molar-refractivity contribution in [1.82, 2.24) is 19.8 Å². The summed E-state index contributed by atoms with van der Waals surface area (Å²) in [5.74, 6) is -1.15. The van der Waals surface area contributed by atoms with Crippen molar-refractivity contribution in [1.29, 1.82) is 0 Å². The molecule has 230 valence electrons. The SMILES string of the molecule is CC(C)(c1ccccc1)N1C2CC(F)C1CN(c1nc(OCC3(CN4CCOCC4)CC3)nc3c(F)c(Br)c(F)cc13)C2. The van der Waals surface area contributed by atoms with Gasteiger partial charge in [0.05, 0.1) is 30.3 Å². The molecule has 4 aliphatic rings. The number of nitrogens with zero attached hydrogens (tertiary/aromatic N) is 5. The Morgan fingerprint density at radius 2 is 1.84 bits per heavy atom. The smallest absolute Gasteiger partial charge is 0.319 e. The third-order valence-electron chi connectivity index (χ3n) is 9.84. The molecule has 3 aromatic rings. The summed E-state index contributed by atoms with van der Waals surface area (Å²) in [6, 6.07) is 11.0. The number of piperazine rings is 1. The van der Waals surface area contributed by atoms with E-state index in [4.69, 9.17) is 14.5 Å². The summed E-state index contributed by atoms with van der Waals surface area (Å²) in [5, 5.41) is 0.255. The molecule has 2 bridgehead atoms. The lowest BCUT2D eigenvalue weighted by molar-refractivity contribution is 0.0231. The summed E-state index contributed by atoms with van der Waals surface area (Å²) in [6.07, 6.45) is 1.44. The monoisotopic (exact) mass is 659 g/mol. The Morgan fingerprint density at radius 1 is 1.09 bits per heavy atom. The maximum atomic E-state index is 15.6. The van der Waals surface area contributed by atoms with E-state index < -0.39 is 29.4 Å². The molecule has 11 heteroatoms. The molecule has 3 aliphatic heterocycles. The second-order valence-corrected chi connectivity index (χ2v) is 13.9. The summed E-state index contributed by atoms with van der Waals surface area (Å²) in [5.41, 5.74) is 0.721. The summed E-state index contributed by atoms with van der Waals surface area (Å²) >= 11 is 3.03. The Morgan fingerprint density at radius 3 is 2.53 bits per heavy atom. The van der Waals surface area contributed by atoms with Gasteiger partial charge >= 0.3 is 6.01 Å². The lowest BCUT2D eigenvalue weighted by atomic mass is 9.89. The fraction of sp³-hybridized carbons (Fsp3) is 0.562. The number of anilines is 1. The minimum atomic E-state index is -1.03. The number of benzene rings is 2. The van der Waals surface area contributed by atoms with Gasteiger partial charge in [0.1, 0.15) is 23.3 Å². The van der Waals surface area contributed by atoms with E-state index >= 15 is 8.78 Å². The molecule has 7 rings (SSSR count). The van der Waals surface area contributed by atoms with Gasteiger partial charge in [0.15, 0.2) is 5.82 Å². The highest BCUT2D eigenvalue weighted by Crippen LogP contribution is 2.47. The second-order valence-electron chi connectivity index (χ2n) is 13.1. The van der Waals surface area contributed by atoms with Crippen LogP contribution in [-0.4, -0.2) is 90.6 Å². The lowest BCUT2D eigenvalue weighted by Crippen LogP contribution is -2.60. The molecule has 3 atom stereocenters. The molecule has 4 heterocycles. The number of ether oxygens (including phenoxy) is 2. The number of rotatable bonds is 8. The van der Waals surface area contributed by atoms with Crippen LogP contribution in [0.4, 0.5) is 19.0 Å². The standard InChI is InChI=1S/C32H37BrF3N5O2/c1-31(2,20-6-4-3-5-7-20)41-21-14-23(34)25(41)17-40(16-21)29-22-15-24(35)26(33)27(36)28(22)37-30(38-29)43-19-32(8-9-32)18-39-10-12-42-13-11-39/h3-7,15,21,23,25H,8-14,16-19H2,1-2H3. The largest absolute Gasteiger partial charge is 0.463 e. The van der Waals surface area contributed by atoms with E-state index in [0.717, 1.165) is 51.3 Å². The zero-order valence-corrected chi connectivity index (χ0v) is 26.1. The molecular weight excluding hydrogens is 623 g/mol. The number of halogens is 4. The number of alkyl halides is 1. The van der Waals surface area contributed by atoms with Crippen LogP contribution in [0.5, 0.6) is 6.01 Å². The highest BCUT2D eigenvalue weighted by atomic mass is 79.9. The van der Waals surface area contributed by atoms with E-state index in [-0.39, 0.29) is 32.8 Å². The van der Waals surface area contributed by atoms with E-state index in [1.54, 1.807) is 0 Å². The van der Waals surface area contributed by atoms with Crippen LogP contribution in [0.1, 0.15) is 38.7 Å². The Balaban J connectivity index is 1.19. The van der Waals surface area contributed by atoms with Crippen molar-refractivity contribution < 1.29 is 22.6 Å². The summed E-state index contributed by atoms with van der Waals surface area (Å²) < 4.78 is 57.4. The predicted molar refractivity (Wildman–Crippen MR) is 162 cm³/mol. The molecule has 0 spiro atoms. The first-order valence-electron chi connectivity index (χ1n) is 15.2. The molecule has 1 saturated carbocycles. The quantitative estimate of drug-likeness (QED) is 0.288. The van der Waals surface area contributed by atoms with Gasteiger partial charge < -0.3 is 14.4 Å². The van der Waals surface area contributed by atoms with E-state index in [1.807, 2.05) is 23.1 Å². The molecule has 43 heavy (non-hydrogen) atoms. The molecular formula is C32H37BrF3N5O2. The van der Waals surface area contributed by atoms with Gasteiger partial charge in [-0.3, -0.25) is 9.80 Å². The fourth-order valence-electron chi connectivity index (χ4n) is 7.35. The molecule has 7 nitrogen and oxygen atoms in total. The first-order valence-corrected chi connectivity index (χ1v) is 16.0. The molecule has 4 fully saturated rings. The number of morpholine rings is 1. The van der Waals surface area contributed by atoms with Crippen molar-refractivity contribution in [3.63, 3.8) is 0 Å². The van der Waals surface area contributed by atoms with Crippen LogP contribution in [0, 0.1) is 17.0 Å². The number of hydrogen-bond donors (Lipinski definition) is 0. The third kappa shape index (κ3) is 5.40. The van der Waals surface area contributed by atoms with Gasteiger partial charge in [-0.15, -0.1) is 0 Å². The molecule has 1 aromatic heterocycles. The van der Waals surface area contributed by atoms with E-state index in [9.17, 15) is 4.39 Å². The van der Waals surface area contributed by atoms with Gasteiger partial charge in [-0.05, 0) is 60.7 Å². The molecule has 3 unspecified atom stereocenters. The van der Waals surface area contributed by atoms with Crippen LogP contribution in [0.15, 0.2) is 40.9 Å². The van der Waals surface area contributed by atoms with Gasteiger partial charge in [-0.25, -0.2) is 13.2 Å². The van der Waals surface area contributed by atoms with Crippen molar-refractivity contribution >= 4 is 32.7 Å². The minimum absolute atomic E-state index is 0.00689. The Labute approximate surface area is 258 Å². The van der Waals surface area contributed by atoms with E-state index in [1.165, 1.54) is 6.07 Å². The van der Waals surface area contributed by atoms with Crippen LogP contribution >= 0.6 is 15.9 Å². The average molecular weight is 661 g/mol. The Kier molecular flexibility index (Phi) is 7.59. The molecule has 1 aliphatic carbocycles. The Bertz CT molecular complexity index is 1500. The van der Waals surface area contributed by atoms with Gasteiger partial charge in [0.2, 0.25) is 0 Å². The second kappa shape index (κ2) is 11.2. The van der Waals surface area contributed by atoms with Crippen molar-refractivity contribution in [2.45, 2.75) is 56.9 Å². The van der Waals surface area contributed by atoms with Crippen LogP contribution in [-0.2, 0) is 10.3 Å². The topological polar surface area (TPSA) is 54.0 Å². The van der Waals surface area contributed by atoms with Gasteiger partial charge in [0.25, 0.3) is 0 Å². The third-order valence-corrected chi connectivity index (χ3v) is 10.6. The van der Waals surface area contributed by atoms with Crippen molar-refractivity contribution in [3.05, 3.63) is 58.1 Å². The maximum absolute atomic E-state index is 15.6. The molecule has 0 amide bonds. The van der Waals surface area contributed by atoms with Crippen LogP contribution in [0.3, 0.4) is 0 Å². The first kappa shape index (κ1) is 29.3. The zero-order valence-electron chi connectivity index (χ0n) is 24.5. The normalized spacial score (nSPS) is 25.8. The summed E-state index contributed by atoms with van der Waals surface area (Å²) in [4.78, 5) is 15.8. The average Bonchev–Trinajstić information content (AvgIpc) is 3.74. The van der Waals surface area contributed by atoms with Crippen LogP contribution in [0.25, 0.3) is 10.9 Å². The van der Waals surface area contributed by atoms with Crippen molar-refractivity contribution in [2.75, 3.05) is 57.4 Å². The van der Waals surface area contributed by atoms with E-state index in [0.29, 0.717) is 31.9 Å². The Hall–Kier alpha value is -2.47. The minimum Gasteiger partial charge on any atom is -0.463 e. The summed E-state index contributed by atoms with van der Waals surface area (Å²) in [6.45, 7) is 9.65. The molecule has 0 N–H and O–H groups in total. The number of fused-ring (bicyclic) bond motifs is 3. The molecule has 2 aromatic carbocycles. The van der Waals surface area contributed by atoms with Gasteiger partial charge in [-0.1, -0.05) is 30.3 Å². The van der Waals surface area contributed by atoms with Crippen LogP contribution < -0.4 is 9.64 Å². The fourth-order valence-corrected chi connectivity index (χ4v) is 7.65. The first-order chi connectivity index (χ1) is 20.6. The highest BCUT2D eigenvalue weighted by molar-refractivity contribution is 9.10. The van der Waals surface area contributed by atoms with Crippen molar-refractivity contribution in [3.8, 4) is 6.01 Å². The predicted octanol–water partition coefficient (Wildman–Crippen LogP) is 5.70. The van der Waals surface area contributed by atoms with Gasteiger partial charge in [-0.2, -0.15) is 9.97 Å². The van der Waals surface area contributed by atoms with Gasteiger partial charge in [0, 0.05) is 55.1 Å². The van der Waals surface area contributed by atoms with Crippen LogP contribution in [0.2, 0.25) is 0 Å². The van der Waals surface area contributed by atoms with E-state index in [2.05, 4.69) is 56.7 Å². The summed E-state index contributed by atoms with van der Waals surface area (Å²) in [7, 11) is 0. The zero-order chi connectivity index (χ0) is 29.9. The number of hydrogen-bond acceptors (Lipinski definition) is 7. The maximum Gasteiger partial charge on any atom is 0.319 e. The molecule has 3 saturated heterocycles. The molecule has 0 radical (unpaired) electrons. The van der Waals surface area contributed by atoms with Crippen molar-refractivity contribution in [2.24, 2.45) is 5.41 Å². The lowest BCUT2D eigenvalue weighted by Gasteiger charge is -2.49. The highest BCUT2D eigenvalue weighted by Gasteiger charge is 2.53. The number of aromatic nitrogens is 2.